The number of nitrogens with zero attached hydrogens (tertiary/aromatic N) is 1. The molecule has 0 aliphatic carbocycles. The quantitative estimate of drug-likeness (QED) is 0.765. The van der Waals surface area contributed by atoms with Crippen LogP contribution in [0.4, 0.5) is 0 Å². The standard InChI is InChI=1S/C18H20ClNO3S/c1-11-7-12(2)9-20(8-11)15(21)10-23-18(22)17-16(19)13-5-3-4-6-14(13)24-17/h3-6,11-12H,7-10H2,1-2H3/t11-,12-/m0/s1. The largest absolute Gasteiger partial charge is 0.451 e. The van der Waals surface area contributed by atoms with Crippen LogP contribution in [0.3, 0.4) is 0 Å². The first kappa shape index (κ1) is 17.2. The Morgan fingerprint density at radius 1 is 1.25 bits per heavy atom. The Balaban J connectivity index is 1.64. The number of thiophene rings is 1. The number of hydrogen-bond acceptors (Lipinski definition) is 4. The van der Waals surface area contributed by atoms with Crippen LogP contribution in [0.25, 0.3) is 10.1 Å². The van der Waals surface area contributed by atoms with Gasteiger partial charge in [-0.05, 0) is 24.3 Å². The molecule has 1 saturated heterocycles. The zero-order valence-electron chi connectivity index (χ0n) is 13.8. The van der Waals surface area contributed by atoms with Gasteiger partial charge in [-0.25, -0.2) is 4.79 Å². The number of carbonyl (C=O) groups is 2. The summed E-state index contributed by atoms with van der Waals surface area (Å²) in [5, 5.41) is 1.23. The molecule has 1 aliphatic heterocycles. The molecule has 0 spiro atoms. The molecule has 6 heteroatoms. The van der Waals surface area contributed by atoms with Crippen molar-refractivity contribution in [1.29, 1.82) is 0 Å². The molecule has 0 saturated carbocycles. The smallest absolute Gasteiger partial charge is 0.350 e. The van der Waals surface area contributed by atoms with Crippen molar-refractivity contribution in [3.05, 3.63) is 34.2 Å². The van der Waals surface area contributed by atoms with Crippen LogP contribution in [0, 0.1) is 11.8 Å². The summed E-state index contributed by atoms with van der Waals surface area (Å²) in [5.41, 5.74) is 0. The molecule has 0 radical (unpaired) electrons. The van der Waals surface area contributed by atoms with E-state index in [1.165, 1.54) is 11.3 Å². The summed E-state index contributed by atoms with van der Waals surface area (Å²) >= 11 is 7.56. The summed E-state index contributed by atoms with van der Waals surface area (Å²) in [6.07, 6.45) is 1.13. The van der Waals surface area contributed by atoms with E-state index in [-0.39, 0.29) is 12.5 Å². The van der Waals surface area contributed by atoms with Crippen molar-refractivity contribution < 1.29 is 14.3 Å². The van der Waals surface area contributed by atoms with Crippen molar-refractivity contribution in [1.82, 2.24) is 4.90 Å². The van der Waals surface area contributed by atoms with Crippen LogP contribution in [0.1, 0.15) is 29.9 Å². The highest BCUT2D eigenvalue weighted by Gasteiger charge is 2.26. The summed E-state index contributed by atoms with van der Waals surface area (Å²) in [5.74, 6) is 0.280. The average molecular weight is 366 g/mol. The van der Waals surface area contributed by atoms with Gasteiger partial charge >= 0.3 is 5.97 Å². The Kier molecular flexibility index (Phi) is 5.11. The molecular formula is C18H20ClNO3S. The molecular weight excluding hydrogens is 346 g/mol. The zero-order chi connectivity index (χ0) is 17.3. The minimum atomic E-state index is -0.535. The first-order valence-corrected chi connectivity index (χ1v) is 9.27. The third-order valence-corrected chi connectivity index (χ3v) is 5.92. The number of benzene rings is 1. The van der Waals surface area contributed by atoms with Gasteiger partial charge in [-0.3, -0.25) is 4.79 Å². The van der Waals surface area contributed by atoms with Crippen LogP contribution >= 0.6 is 22.9 Å². The first-order valence-electron chi connectivity index (χ1n) is 8.07. The molecule has 3 rings (SSSR count). The second-order valence-corrected chi connectivity index (χ2v) is 7.99. The van der Waals surface area contributed by atoms with Gasteiger partial charge in [-0.2, -0.15) is 0 Å². The van der Waals surface area contributed by atoms with Gasteiger partial charge in [0.25, 0.3) is 5.91 Å². The molecule has 2 heterocycles. The third kappa shape index (κ3) is 3.57. The minimum absolute atomic E-state index is 0.140. The summed E-state index contributed by atoms with van der Waals surface area (Å²) in [6.45, 7) is 5.50. The molecule has 2 aromatic rings. The van der Waals surface area contributed by atoms with E-state index in [0.29, 0.717) is 21.7 Å². The van der Waals surface area contributed by atoms with Gasteiger partial charge in [-0.15, -0.1) is 11.3 Å². The van der Waals surface area contributed by atoms with Crippen molar-refractivity contribution >= 4 is 44.9 Å². The lowest BCUT2D eigenvalue weighted by atomic mass is 9.92. The lowest BCUT2D eigenvalue weighted by molar-refractivity contribution is -0.137. The van der Waals surface area contributed by atoms with Gasteiger partial charge in [0.2, 0.25) is 0 Å². The predicted octanol–water partition coefficient (Wildman–Crippen LogP) is 4.22. The van der Waals surface area contributed by atoms with E-state index in [2.05, 4.69) is 13.8 Å². The summed E-state index contributed by atoms with van der Waals surface area (Å²) in [4.78, 5) is 26.7. The van der Waals surface area contributed by atoms with Gasteiger partial charge in [0.1, 0.15) is 4.88 Å². The maximum Gasteiger partial charge on any atom is 0.350 e. The normalized spacial score (nSPS) is 21.0. The molecule has 1 aromatic heterocycles. The van der Waals surface area contributed by atoms with Crippen molar-refractivity contribution in [3.63, 3.8) is 0 Å². The number of hydrogen-bond donors (Lipinski definition) is 0. The molecule has 24 heavy (non-hydrogen) atoms. The van der Waals surface area contributed by atoms with Gasteiger partial charge in [0.15, 0.2) is 6.61 Å². The first-order chi connectivity index (χ1) is 11.5. The monoisotopic (exact) mass is 365 g/mol. The van der Waals surface area contributed by atoms with Crippen molar-refractivity contribution in [2.24, 2.45) is 11.8 Å². The zero-order valence-corrected chi connectivity index (χ0v) is 15.3. The summed E-state index contributed by atoms with van der Waals surface area (Å²) in [6, 6.07) is 7.54. The number of esters is 1. The molecule has 1 aromatic carbocycles. The molecule has 0 N–H and O–H groups in total. The van der Waals surface area contributed by atoms with Crippen LogP contribution in [0.5, 0.6) is 0 Å². The van der Waals surface area contributed by atoms with E-state index >= 15 is 0 Å². The number of fused-ring (bicyclic) bond motifs is 1. The van der Waals surface area contributed by atoms with Crippen LogP contribution in [0.2, 0.25) is 5.02 Å². The van der Waals surface area contributed by atoms with Crippen LogP contribution < -0.4 is 0 Å². The van der Waals surface area contributed by atoms with E-state index in [1.807, 2.05) is 24.3 Å². The van der Waals surface area contributed by atoms with Gasteiger partial charge in [-0.1, -0.05) is 43.6 Å². The molecule has 128 valence electrons. The molecule has 1 aliphatic rings. The number of piperidine rings is 1. The minimum Gasteiger partial charge on any atom is -0.451 e. The van der Waals surface area contributed by atoms with Crippen molar-refractivity contribution in [2.45, 2.75) is 20.3 Å². The highest BCUT2D eigenvalue weighted by Crippen LogP contribution is 2.35. The SMILES string of the molecule is C[C@H]1C[C@H](C)CN(C(=O)COC(=O)c2sc3ccccc3c2Cl)C1. The number of carbonyl (C=O) groups excluding carboxylic acids is 2. The fourth-order valence-electron chi connectivity index (χ4n) is 3.30. The summed E-state index contributed by atoms with van der Waals surface area (Å²) in [7, 11) is 0. The van der Waals surface area contributed by atoms with Crippen LogP contribution in [0.15, 0.2) is 24.3 Å². The highest BCUT2D eigenvalue weighted by molar-refractivity contribution is 7.21. The maximum absolute atomic E-state index is 12.3. The Labute approximate surface area is 150 Å². The molecule has 0 bridgehead atoms. The number of rotatable bonds is 3. The molecule has 2 atom stereocenters. The molecule has 0 unspecified atom stereocenters. The van der Waals surface area contributed by atoms with Crippen LogP contribution in [-0.2, 0) is 9.53 Å². The van der Waals surface area contributed by atoms with Gasteiger partial charge in [0.05, 0.1) is 5.02 Å². The number of halogens is 1. The fraction of sp³-hybridized carbons (Fsp3) is 0.444. The molecule has 4 nitrogen and oxygen atoms in total. The fourth-order valence-corrected chi connectivity index (χ4v) is 4.70. The number of amides is 1. The Hall–Kier alpha value is -1.59. The molecule has 1 fully saturated rings. The van der Waals surface area contributed by atoms with Gasteiger partial charge < -0.3 is 9.64 Å². The van der Waals surface area contributed by atoms with E-state index < -0.39 is 5.97 Å². The third-order valence-electron chi connectivity index (χ3n) is 4.27. The summed E-state index contributed by atoms with van der Waals surface area (Å²) < 4.78 is 6.15. The predicted molar refractivity (Wildman–Crippen MR) is 96.6 cm³/mol. The second-order valence-electron chi connectivity index (χ2n) is 6.56. The Bertz CT molecular complexity index is 763. The van der Waals surface area contributed by atoms with E-state index in [0.717, 1.165) is 29.6 Å². The Morgan fingerprint density at radius 3 is 2.58 bits per heavy atom. The van der Waals surface area contributed by atoms with Gasteiger partial charge in [0, 0.05) is 23.2 Å². The lowest BCUT2D eigenvalue weighted by Crippen LogP contribution is -2.44. The van der Waals surface area contributed by atoms with Crippen molar-refractivity contribution in [2.75, 3.05) is 19.7 Å². The van der Waals surface area contributed by atoms with Crippen molar-refractivity contribution in [3.8, 4) is 0 Å². The maximum atomic E-state index is 12.3. The van der Waals surface area contributed by atoms with E-state index in [4.69, 9.17) is 16.3 Å². The highest BCUT2D eigenvalue weighted by atomic mass is 35.5. The molecule has 1 amide bonds. The Morgan fingerprint density at radius 2 is 1.92 bits per heavy atom. The number of likely N-dealkylation sites (tertiary alicyclic amines) is 1. The van der Waals surface area contributed by atoms with Crippen LogP contribution in [-0.4, -0.2) is 36.5 Å². The average Bonchev–Trinajstić information content (AvgIpc) is 2.89. The van der Waals surface area contributed by atoms with E-state index in [1.54, 1.807) is 4.90 Å². The number of ether oxygens (including phenoxy) is 1. The van der Waals surface area contributed by atoms with E-state index in [9.17, 15) is 9.59 Å². The topological polar surface area (TPSA) is 46.6 Å². The lowest BCUT2D eigenvalue weighted by Gasteiger charge is -2.34. The second kappa shape index (κ2) is 7.11.